The zero-order valence-corrected chi connectivity index (χ0v) is 6.34. The second-order valence-corrected chi connectivity index (χ2v) is 5.66. The van der Waals surface area contributed by atoms with Crippen LogP contribution in [0.15, 0.2) is 0 Å². The summed E-state index contributed by atoms with van der Waals surface area (Å²) in [6, 6.07) is 0. The first kappa shape index (κ1) is 8.31. The van der Waals surface area contributed by atoms with Crippen LogP contribution >= 0.6 is 7.94 Å². The quantitative estimate of drug-likeness (QED) is 0.423. The van der Waals surface area contributed by atoms with Gasteiger partial charge in [-0.2, -0.15) is 0 Å². The summed E-state index contributed by atoms with van der Waals surface area (Å²) < 4.78 is 0. The molecule has 0 spiro atoms. The molecular formula is C4H13O3P. The molecule has 0 heterocycles. The van der Waals surface area contributed by atoms with Crippen molar-refractivity contribution in [3.05, 3.63) is 0 Å². The van der Waals surface area contributed by atoms with Gasteiger partial charge in [0.15, 0.2) is 0 Å². The molecule has 8 heavy (non-hydrogen) atoms. The van der Waals surface area contributed by atoms with Gasteiger partial charge in [-0.1, -0.05) is 0 Å². The van der Waals surface area contributed by atoms with Crippen molar-refractivity contribution in [2.75, 3.05) is 0 Å². The minimum absolute atomic E-state index is 0.757. The van der Waals surface area contributed by atoms with E-state index in [4.69, 9.17) is 14.7 Å². The third-order valence-corrected chi connectivity index (χ3v) is 3.02. The average molecular weight is 140 g/mol. The molecule has 4 heteroatoms. The number of hydrogen-bond donors (Lipinski definition) is 3. The molecule has 0 radical (unpaired) electrons. The van der Waals surface area contributed by atoms with Crippen LogP contribution in [0.25, 0.3) is 0 Å². The molecule has 3 nitrogen and oxygen atoms in total. The third-order valence-electron chi connectivity index (χ3n) is 1.01. The SMILES string of the molecule is CC(C)(C)[PH](O)(O)O. The van der Waals surface area contributed by atoms with E-state index < -0.39 is 13.1 Å². The van der Waals surface area contributed by atoms with Crippen LogP contribution in [-0.2, 0) is 0 Å². The van der Waals surface area contributed by atoms with Gasteiger partial charge in [-0.25, -0.2) is 0 Å². The summed E-state index contributed by atoms with van der Waals surface area (Å²) in [5, 5.41) is -0.757. The first-order chi connectivity index (χ1) is 3.25. The Balaban J connectivity index is 4.02. The van der Waals surface area contributed by atoms with Crippen molar-refractivity contribution in [3.63, 3.8) is 0 Å². The summed E-state index contributed by atoms with van der Waals surface area (Å²) >= 11 is 0. The van der Waals surface area contributed by atoms with Gasteiger partial charge in [0.05, 0.1) is 0 Å². The maximum atomic E-state index is 8.60. The molecule has 0 aliphatic heterocycles. The summed E-state index contributed by atoms with van der Waals surface area (Å²) in [5.74, 6) is 0. The second kappa shape index (κ2) is 1.92. The zero-order valence-electron chi connectivity index (χ0n) is 5.34. The van der Waals surface area contributed by atoms with E-state index in [9.17, 15) is 0 Å². The van der Waals surface area contributed by atoms with Crippen molar-refractivity contribution in [2.45, 2.75) is 25.9 Å². The van der Waals surface area contributed by atoms with E-state index in [2.05, 4.69) is 0 Å². The fraction of sp³-hybridized carbons (Fsp3) is 1.00. The fourth-order valence-corrected chi connectivity index (χ4v) is 0. The molecule has 52 valence electrons. The van der Waals surface area contributed by atoms with Gasteiger partial charge in [0, 0.05) is 0 Å². The van der Waals surface area contributed by atoms with Crippen molar-refractivity contribution in [1.29, 1.82) is 0 Å². The van der Waals surface area contributed by atoms with E-state index in [1.807, 2.05) is 0 Å². The standard InChI is InChI=1S/C4H13O3P/c1-4(2,3)8(5,6)7/h5-8H,1-3H3. The first-order valence-corrected chi connectivity index (χ1v) is 4.26. The Morgan fingerprint density at radius 1 is 1.00 bits per heavy atom. The molecular weight excluding hydrogens is 127 g/mol. The van der Waals surface area contributed by atoms with Crippen LogP contribution in [-0.4, -0.2) is 19.8 Å². The molecule has 0 aliphatic carbocycles. The monoisotopic (exact) mass is 140 g/mol. The third kappa shape index (κ3) is 2.05. The Morgan fingerprint density at radius 2 is 1.12 bits per heavy atom. The Hall–Kier alpha value is 0.310. The van der Waals surface area contributed by atoms with Gasteiger partial charge in [0.1, 0.15) is 0 Å². The maximum absolute atomic E-state index is 8.60. The molecule has 0 aromatic rings. The van der Waals surface area contributed by atoms with Crippen LogP contribution in [0.4, 0.5) is 0 Å². The molecule has 0 aromatic carbocycles. The van der Waals surface area contributed by atoms with E-state index in [1.165, 1.54) is 0 Å². The van der Waals surface area contributed by atoms with E-state index in [0.29, 0.717) is 0 Å². The molecule has 0 fully saturated rings. The summed E-state index contributed by atoms with van der Waals surface area (Å²) in [5.41, 5.74) is 0. The average Bonchev–Trinajstić information content (AvgIpc) is 1.25. The second-order valence-electron chi connectivity index (χ2n) is 2.89. The van der Waals surface area contributed by atoms with Crippen molar-refractivity contribution >= 4 is 7.94 Å². The van der Waals surface area contributed by atoms with E-state index in [0.717, 1.165) is 0 Å². The van der Waals surface area contributed by atoms with Gasteiger partial charge in [0.25, 0.3) is 0 Å². The Bertz CT molecular complexity index is 66.3. The first-order valence-electron chi connectivity index (χ1n) is 2.42. The molecule has 0 saturated heterocycles. The Morgan fingerprint density at radius 3 is 1.12 bits per heavy atom. The molecule has 3 N–H and O–H groups in total. The molecule has 0 aliphatic rings. The van der Waals surface area contributed by atoms with E-state index in [1.54, 1.807) is 20.8 Å². The van der Waals surface area contributed by atoms with E-state index in [-0.39, 0.29) is 0 Å². The van der Waals surface area contributed by atoms with Crippen LogP contribution in [0.1, 0.15) is 20.8 Å². The molecule has 0 rings (SSSR count). The Labute approximate surface area is 49.6 Å². The predicted molar refractivity (Wildman–Crippen MR) is 34.7 cm³/mol. The van der Waals surface area contributed by atoms with Crippen LogP contribution < -0.4 is 0 Å². The van der Waals surface area contributed by atoms with Crippen LogP contribution in [0, 0.1) is 0 Å². The Kier molecular flexibility index (Phi) is 2.00. The molecule has 0 bridgehead atoms. The van der Waals surface area contributed by atoms with Gasteiger partial charge in [-0.05, 0) is 0 Å². The molecule has 0 unspecified atom stereocenters. The topological polar surface area (TPSA) is 60.7 Å². The molecule has 0 amide bonds. The van der Waals surface area contributed by atoms with Crippen LogP contribution in [0.5, 0.6) is 0 Å². The van der Waals surface area contributed by atoms with Crippen LogP contribution in [0.3, 0.4) is 0 Å². The van der Waals surface area contributed by atoms with Gasteiger partial charge >= 0.3 is 48.6 Å². The van der Waals surface area contributed by atoms with Crippen molar-refractivity contribution in [3.8, 4) is 0 Å². The predicted octanol–water partition coefficient (Wildman–Crippen LogP) is 0.257. The number of hydrogen-bond acceptors (Lipinski definition) is 3. The molecule has 0 aromatic heterocycles. The van der Waals surface area contributed by atoms with Gasteiger partial charge in [-0.15, -0.1) is 0 Å². The fourth-order valence-electron chi connectivity index (χ4n) is 0. The number of rotatable bonds is 0. The van der Waals surface area contributed by atoms with Crippen LogP contribution in [0.2, 0.25) is 0 Å². The normalized spacial score (nSPS) is 16.2. The van der Waals surface area contributed by atoms with Crippen molar-refractivity contribution < 1.29 is 14.7 Å². The van der Waals surface area contributed by atoms with E-state index >= 15 is 0 Å². The summed E-state index contributed by atoms with van der Waals surface area (Å²) in [7, 11) is -3.86. The van der Waals surface area contributed by atoms with Crippen molar-refractivity contribution in [1.82, 2.24) is 0 Å². The van der Waals surface area contributed by atoms with Gasteiger partial charge in [0.2, 0.25) is 0 Å². The van der Waals surface area contributed by atoms with Crippen molar-refractivity contribution in [2.24, 2.45) is 0 Å². The summed E-state index contributed by atoms with van der Waals surface area (Å²) in [4.78, 5) is 25.8. The van der Waals surface area contributed by atoms with Gasteiger partial charge < -0.3 is 0 Å². The zero-order chi connectivity index (χ0) is 7.00. The molecule has 0 saturated carbocycles. The van der Waals surface area contributed by atoms with Gasteiger partial charge in [-0.3, -0.25) is 0 Å². The summed E-state index contributed by atoms with van der Waals surface area (Å²) in [6.07, 6.45) is 0. The minimum atomic E-state index is -3.86. The summed E-state index contributed by atoms with van der Waals surface area (Å²) in [6.45, 7) is 4.75. The molecule has 0 atom stereocenters.